The highest BCUT2D eigenvalue weighted by molar-refractivity contribution is 7.89. The summed E-state index contributed by atoms with van der Waals surface area (Å²) in [6, 6.07) is 8.11. The lowest BCUT2D eigenvalue weighted by Crippen LogP contribution is -2.53. The average molecular weight is 457 g/mol. The van der Waals surface area contributed by atoms with E-state index in [-0.39, 0.29) is 30.1 Å². The van der Waals surface area contributed by atoms with Crippen LogP contribution >= 0.6 is 22.9 Å². The summed E-state index contributed by atoms with van der Waals surface area (Å²) in [5, 5.41) is 7.57. The normalized spacial score (nSPS) is 16.8. The Labute approximate surface area is 180 Å². The first-order valence-electron chi connectivity index (χ1n) is 9.26. The van der Waals surface area contributed by atoms with E-state index < -0.39 is 10.0 Å². The van der Waals surface area contributed by atoms with Crippen molar-refractivity contribution in [3.8, 4) is 0 Å². The van der Waals surface area contributed by atoms with E-state index in [0.29, 0.717) is 24.7 Å². The molecule has 10 heteroatoms. The predicted molar refractivity (Wildman–Crippen MR) is 116 cm³/mol. The summed E-state index contributed by atoms with van der Waals surface area (Å²) in [4.78, 5) is 16.5. The molecule has 3 rings (SSSR count). The molecule has 0 unspecified atom stereocenters. The topological polar surface area (TPSA) is 73.0 Å². The minimum Gasteiger partial charge on any atom is -0.336 e. The van der Waals surface area contributed by atoms with Crippen molar-refractivity contribution in [1.29, 1.82) is 0 Å². The number of amides is 2. The molecule has 0 bridgehead atoms. The van der Waals surface area contributed by atoms with E-state index in [2.05, 4.69) is 21.7 Å². The first kappa shape index (κ1) is 22.0. The van der Waals surface area contributed by atoms with Crippen LogP contribution in [-0.4, -0.2) is 75.4 Å². The zero-order chi connectivity index (χ0) is 21.0. The van der Waals surface area contributed by atoms with E-state index in [1.165, 1.54) is 22.0 Å². The van der Waals surface area contributed by atoms with Gasteiger partial charge in [-0.1, -0.05) is 11.6 Å². The third-order valence-corrected chi connectivity index (χ3v) is 7.84. The van der Waals surface area contributed by atoms with Gasteiger partial charge in [-0.25, -0.2) is 13.2 Å². The Morgan fingerprint density at radius 2 is 1.83 bits per heavy atom. The molecule has 2 aromatic rings. The number of halogens is 1. The van der Waals surface area contributed by atoms with E-state index in [1.54, 1.807) is 28.4 Å². The molecule has 0 saturated carbocycles. The van der Waals surface area contributed by atoms with E-state index in [1.807, 2.05) is 19.5 Å². The lowest BCUT2D eigenvalue weighted by Gasteiger charge is -2.34. The van der Waals surface area contributed by atoms with Crippen LogP contribution in [0.2, 0.25) is 5.02 Å². The van der Waals surface area contributed by atoms with Gasteiger partial charge in [0.2, 0.25) is 10.0 Å². The number of rotatable bonds is 6. The van der Waals surface area contributed by atoms with Gasteiger partial charge in [0.25, 0.3) is 0 Å². The van der Waals surface area contributed by atoms with E-state index >= 15 is 0 Å². The molecule has 2 amide bonds. The number of nitrogens with zero attached hydrogens (tertiary/aromatic N) is 3. The lowest BCUT2D eigenvalue weighted by atomic mass is 10.1. The van der Waals surface area contributed by atoms with E-state index in [0.717, 1.165) is 0 Å². The van der Waals surface area contributed by atoms with Crippen molar-refractivity contribution in [2.45, 2.75) is 10.9 Å². The minimum atomic E-state index is -3.58. The molecule has 1 aromatic carbocycles. The summed E-state index contributed by atoms with van der Waals surface area (Å²) in [5.41, 5.74) is 1.17. The first-order chi connectivity index (χ1) is 13.8. The van der Waals surface area contributed by atoms with Crippen LogP contribution < -0.4 is 5.32 Å². The SMILES string of the molecule is CN(C)[C@@H](CNC(=O)N1CCN(S(=O)(=O)c2ccc(Cl)cc2)CC1)c1ccsc1. The maximum atomic E-state index is 12.8. The molecule has 1 fully saturated rings. The Balaban J connectivity index is 1.54. The maximum Gasteiger partial charge on any atom is 0.317 e. The van der Waals surface area contributed by atoms with Crippen molar-refractivity contribution in [1.82, 2.24) is 19.4 Å². The van der Waals surface area contributed by atoms with Crippen LogP contribution in [0.3, 0.4) is 0 Å². The number of urea groups is 1. The van der Waals surface area contributed by atoms with Crippen molar-refractivity contribution in [3.63, 3.8) is 0 Å². The number of likely N-dealkylation sites (N-methyl/N-ethyl adjacent to an activating group) is 1. The molecule has 0 spiro atoms. The second-order valence-electron chi connectivity index (χ2n) is 7.07. The van der Waals surface area contributed by atoms with Gasteiger partial charge in [-0.15, -0.1) is 0 Å². The number of sulfonamides is 1. The molecule has 1 aliphatic rings. The van der Waals surface area contributed by atoms with Crippen molar-refractivity contribution in [3.05, 3.63) is 51.7 Å². The number of carbonyl (C=O) groups excluding carboxylic acids is 1. The second-order valence-corrected chi connectivity index (χ2v) is 10.2. The molecule has 1 aliphatic heterocycles. The van der Waals surface area contributed by atoms with Crippen LogP contribution in [0.15, 0.2) is 46.0 Å². The quantitative estimate of drug-likeness (QED) is 0.725. The molecule has 0 aliphatic carbocycles. The zero-order valence-electron chi connectivity index (χ0n) is 16.4. The molecule has 1 atom stereocenters. The van der Waals surface area contributed by atoms with Crippen LogP contribution in [0.4, 0.5) is 4.79 Å². The zero-order valence-corrected chi connectivity index (χ0v) is 18.8. The number of carbonyl (C=O) groups is 1. The van der Waals surface area contributed by atoms with Crippen LogP contribution in [0.5, 0.6) is 0 Å². The minimum absolute atomic E-state index is 0.0942. The monoisotopic (exact) mass is 456 g/mol. The van der Waals surface area contributed by atoms with Gasteiger partial charge < -0.3 is 15.1 Å². The number of thiophene rings is 1. The Kier molecular flexibility index (Phi) is 7.18. The summed E-state index contributed by atoms with van der Waals surface area (Å²) in [5.74, 6) is 0. The standard InChI is InChI=1S/C19H25ClN4O3S2/c1-22(2)18(15-7-12-28-14-15)13-21-19(25)23-8-10-24(11-9-23)29(26,27)17-5-3-16(20)4-6-17/h3-7,12,14,18H,8-11,13H2,1-2H3,(H,21,25)/t18-/m0/s1. The van der Waals surface area contributed by atoms with Crippen molar-refractivity contribution in [2.24, 2.45) is 0 Å². The Morgan fingerprint density at radius 3 is 2.38 bits per heavy atom. The molecule has 2 heterocycles. The van der Waals surface area contributed by atoms with E-state index in [4.69, 9.17) is 11.6 Å². The molecular formula is C19H25ClN4O3S2. The fourth-order valence-electron chi connectivity index (χ4n) is 3.25. The van der Waals surface area contributed by atoms with Crippen molar-refractivity contribution >= 4 is 39.0 Å². The maximum absolute atomic E-state index is 12.8. The van der Waals surface area contributed by atoms with Crippen LogP contribution in [0.1, 0.15) is 11.6 Å². The van der Waals surface area contributed by atoms with E-state index in [9.17, 15) is 13.2 Å². The predicted octanol–water partition coefficient (Wildman–Crippen LogP) is 2.72. The number of hydrogen-bond acceptors (Lipinski definition) is 5. The van der Waals surface area contributed by atoms with Gasteiger partial charge >= 0.3 is 6.03 Å². The number of benzene rings is 1. The molecule has 0 radical (unpaired) electrons. The van der Waals surface area contributed by atoms with Gasteiger partial charge in [0.1, 0.15) is 0 Å². The fourth-order valence-corrected chi connectivity index (χ4v) is 5.50. The Bertz CT molecular complexity index is 909. The Hall–Kier alpha value is -1.65. The Morgan fingerprint density at radius 1 is 1.17 bits per heavy atom. The number of nitrogens with one attached hydrogen (secondary N) is 1. The van der Waals surface area contributed by atoms with Crippen LogP contribution in [0.25, 0.3) is 0 Å². The van der Waals surface area contributed by atoms with Gasteiger partial charge in [0.05, 0.1) is 10.9 Å². The molecule has 1 N–H and O–H groups in total. The fraction of sp³-hybridized carbons (Fsp3) is 0.421. The number of hydrogen-bond donors (Lipinski definition) is 1. The van der Waals surface area contributed by atoms with Gasteiger partial charge in [-0.3, -0.25) is 0 Å². The summed E-state index contributed by atoms with van der Waals surface area (Å²) >= 11 is 7.47. The largest absolute Gasteiger partial charge is 0.336 e. The lowest BCUT2D eigenvalue weighted by molar-refractivity contribution is 0.168. The molecule has 1 aromatic heterocycles. The number of piperazine rings is 1. The molecule has 7 nitrogen and oxygen atoms in total. The van der Waals surface area contributed by atoms with Gasteiger partial charge in [0, 0.05) is 37.7 Å². The smallest absolute Gasteiger partial charge is 0.317 e. The summed E-state index contributed by atoms with van der Waals surface area (Å²) < 4.78 is 26.9. The summed E-state index contributed by atoms with van der Waals surface area (Å²) in [6.45, 7) is 1.72. The molecular weight excluding hydrogens is 432 g/mol. The molecule has 29 heavy (non-hydrogen) atoms. The average Bonchev–Trinajstić information content (AvgIpc) is 3.22. The second kappa shape index (κ2) is 9.44. The van der Waals surface area contributed by atoms with Crippen molar-refractivity contribution < 1.29 is 13.2 Å². The molecule has 158 valence electrons. The highest BCUT2D eigenvalue weighted by atomic mass is 35.5. The highest BCUT2D eigenvalue weighted by Gasteiger charge is 2.30. The third kappa shape index (κ3) is 5.29. The first-order valence-corrected chi connectivity index (χ1v) is 12.0. The van der Waals surface area contributed by atoms with Crippen LogP contribution in [0, 0.1) is 0 Å². The summed E-state index contributed by atoms with van der Waals surface area (Å²) in [7, 11) is 0.378. The van der Waals surface area contributed by atoms with Crippen molar-refractivity contribution in [2.75, 3.05) is 46.8 Å². The molecule has 1 saturated heterocycles. The third-order valence-electron chi connectivity index (χ3n) is 4.98. The highest BCUT2D eigenvalue weighted by Crippen LogP contribution is 2.21. The van der Waals surface area contributed by atoms with Gasteiger partial charge in [-0.2, -0.15) is 15.6 Å². The van der Waals surface area contributed by atoms with Gasteiger partial charge in [0.15, 0.2) is 0 Å². The van der Waals surface area contributed by atoms with Gasteiger partial charge in [-0.05, 0) is 60.8 Å². The van der Waals surface area contributed by atoms with Crippen LogP contribution in [-0.2, 0) is 10.0 Å². The summed E-state index contributed by atoms with van der Waals surface area (Å²) in [6.07, 6.45) is 0.